The molecule has 2 bridgehead atoms. The number of hydrogen-bond acceptors (Lipinski definition) is 5. The van der Waals surface area contributed by atoms with Crippen LogP contribution in [0.4, 0.5) is 0 Å². The lowest BCUT2D eigenvalue weighted by atomic mass is 9.97. The summed E-state index contributed by atoms with van der Waals surface area (Å²) in [4.78, 5) is 3.54. The quantitative estimate of drug-likeness (QED) is 0.138. The lowest BCUT2D eigenvalue weighted by Gasteiger charge is -2.38. The van der Waals surface area contributed by atoms with E-state index in [1.807, 2.05) is 42.1 Å². The number of nitrogens with zero attached hydrogens (tertiary/aromatic N) is 2. The second-order valence-electron chi connectivity index (χ2n) is 9.05. The number of benzene rings is 1. The van der Waals surface area contributed by atoms with Crippen LogP contribution in [0.5, 0.6) is 0 Å². The van der Waals surface area contributed by atoms with E-state index < -0.39 is 12.6 Å². The smallest absolute Gasteiger partial charge is 0.372 e. The van der Waals surface area contributed by atoms with E-state index in [-0.39, 0.29) is 5.92 Å². The van der Waals surface area contributed by atoms with Crippen molar-refractivity contribution in [2.45, 2.75) is 53.4 Å². The SMILES string of the molecule is CCCCSc1cc(C(c2ccccc2)C(Cl)(Cl)Cl)n(CCC[Si]23OCCN(CCO2)CCO3)c1. The zero-order valence-electron chi connectivity index (χ0n) is 20.3. The van der Waals surface area contributed by atoms with Gasteiger partial charge < -0.3 is 17.8 Å². The summed E-state index contributed by atoms with van der Waals surface area (Å²) >= 11 is 21.6. The first-order valence-electron chi connectivity index (χ1n) is 12.5. The highest BCUT2D eigenvalue weighted by molar-refractivity contribution is 7.99. The molecule has 5 nitrogen and oxygen atoms in total. The first-order valence-corrected chi connectivity index (χ1v) is 16.5. The average Bonchev–Trinajstić information content (AvgIpc) is 3.16. The molecule has 3 fully saturated rings. The number of aromatic nitrogens is 1. The molecule has 0 saturated carbocycles. The maximum atomic E-state index is 6.59. The molecule has 3 aliphatic heterocycles. The van der Waals surface area contributed by atoms with Gasteiger partial charge in [0.15, 0.2) is 0 Å². The molecule has 1 unspecified atom stereocenters. The van der Waals surface area contributed by atoms with Gasteiger partial charge in [0.2, 0.25) is 3.79 Å². The molecule has 1 aromatic carbocycles. The maximum absolute atomic E-state index is 6.59. The summed E-state index contributed by atoms with van der Waals surface area (Å²) in [5, 5.41) is 0. The molecule has 10 heteroatoms. The van der Waals surface area contributed by atoms with Crippen LogP contribution in [-0.4, -0.2) is 67.3 Å². The van der Waals surface area contributed by atoms with E-state index in [9.17, 15) is 0 Å². The van der Waals surface area contributed by atoms with Crippen molar-refractivity contribution in [3.8, 4) is 0 Å². The van der Waals surface area contributed by atoms with Gasteiger partial charge in [-0.2, -0.15) is 0 Å². The van der Waals surface area contributed by atoms with Gasteiger partial charge in [0, 0.05) is 49.0 Å². The molecule has 0 N–H and O–H groups in total. The normalized spacial score (nSPS) is 24.1. The molecule has 3 aliphatic rings. The van der Waals surface area contributed by atoms with Crippen molar-refractivity contribution in [2.24, 2.45) is 0 Å². The van der Waals surface area contributed by atoms with Crippen LogP contribution in [0.3, 0.4) is 0 Å². The fourth-order valence-corrected chi connectivity index (χ4v) is 8.93. The Labute approximate surface area is 229 Å². The van der Waals surface area contributed by atoms with Gasteiger partial charge in [-0.3, -0.25) is 4.90 Å². The summed E-state index contributed by atoms with van der Waals surface area (Å²) in [6.45, 7) is 7.85. The first-order chi connectivity index (χ1) is 16.9. The highest BCUT2D eigenvalue weighted by Gasteiger charge is 2.43. The van der Waals surface area contributed by atoms with Crippen molar-refractivity contribution in [1.82, 2.24) is 9.47 Å². The summed E-state index contributed by atoms with van der Waals surface area (Å²) in [5.74, 6) is 0.703. The van der Waals surface area contributed by atoms with Crippen LogP contribution in [0.1, 0.15) is 43.4 Å². The van der Waals surface area contributed by atoms with Crippen LogP contribution in [0.2, 0.25) is 6.04 Å². The fraction of sp³-hybridized carbons (Fsp3) is 0.600. The van der Waals surface area contributed by atoms with Crippen LogP contribution in [-0.2, 0) is 19.8 Å². The molecule has 3 saturated heterocycles. The van der Waals surface area contributed by atoms with Crippen LogP contribution in [0, 0.1) is 0 Å². The van der Waals surface area contributed by atoms with Gasteiger partial charge in [0.05, 0.1) is 25.7 Å². The van der Waals surface area contributed by atoms with Gasteiger partial charge in [-0.25, -0.2) is 0 Å². The number of fused-ring (bicyclic) bond motifs is 6. The number of alkyl halides is 3. The van der Waals surface area contributed by atoms with Gasteiger partial charge in [0.1, 0.15) is 0 Å². The summed E-state index contributed by atoms with van der Waals surface area (Å²) in [6.07, 6.45) is 5.43. The molecule has 5 rings (SSSR count). The van der Waals surface area contributed by atoms with E-state index >= 15 is 0 Å². The van der Waals surface area contributed by atoms with Crippen molar-refractivity contribution in [2.75, 3.05) is 45.2 Å². The minimum absolute atomic E-state index is 0.373. The highest BCUT2D eigenvalue weighted by Crippen LogP contribution is 2.46. The molecule has 0 amide bonds. The standard InChI is InChI=1S/C25H35Cl3N2O3SSi/c1-2-3-17-34-22-19-23(24(25(26,27)28)21-8-5-4-6-9-21)30(20-22)10-7-18-35-31-14-11-29(12-15-32-35)13-16-33-35/h4-6,8-9,19-20,24H,2-3,7,10-18H2,1H3. The van der Waals surface area contributed by atoms with Crippen molar-refractivity contribution in [3.05, 3.63) is 53.9 Å². The second kappa shape index (κ2) is 13.0. The topological polar surface area (TPSA) is 35.9 Å². The van der Waals surface area contributed by atoms with Gasteiger partial charge in [-0.1, -0.05) is 78.5 Å². The van der Waals surface area contributed by atoms with Gasteiger partial charge >= 0.3 is 8.80 Å². The zero-order valence-corrected chi connectivity index (χ0v) is 24.3. The minimum atomic E-state index is -2.67. The van der Waals surface area contributed by atoms with Crippen molar-refractivity contribution < 1.29 is 13.3 Å². The Morgan fingerprint density at radius 1 is 1.00 bits per heavy atom. The van der Waals surface area contributed by atoms with Crippen LogP contribution < -0.4 is 0 Å². The zero-order chi connectivity index (χ0) is 24.7. The third-order valence-electron chi connectivity index (χ3n) is 6.50. The van der Waals surface area contributed by atoms with Crippen LogP contribution >= 0.6 is 46.6 Å². The minimum Gasteiger partial charge on any atom is -0.372 e. The molecule has 0 aliphatic carbocycles. The maximum Gasteiger partial charge on any atom is 0.501 e. The third kappa shape index (κ3) is 7.65. The predicted octanol–water partition coefficient (Wildman–Crippen LogP) is 6.59. The van der Waals surface area contributed by atoms with Gasteiger partial charge in [-0.15, -0.1) is 11.8 Å². The van der Waals surface area contributed by atoms with E-state index in [4.69, 9.17) is 48.1 Å². The summed E-state index contributed by atoms with van der Waals surface area (Å²) in [7, 11) is -2.67. The number of halogens is 3. The Hall–Kier alpha value is -0.223. The Kier molecular flexibility index (Phi) is 10.3. The van der Waals surface area contributed by atoms with E-state index in [1.54, 1.807) is 0 Å². The number of thioether (sulfide) groups is 1. The van der Waals surface area contributed by atoms with Crippen molar-refractivity contribution in [3.63, 3.8) is 0 Å². The highest BCUT2D eigenvalue weighted by atomic mass is 35.6. The Morgan fingerprint density at radius 2 is 1.66 bits per heavy atom. The molecule has 0 radical (unpaired) electrons. The molecule has 35 heavy (non-hydrogen) atoms. The summed E-state index contributed by atoms with van der Waals surface area (Å²) in [5.41, 5.74) is 2.01. The summed E-state index contributed by atoms with van der Waals surface area (Å²) < 4.78 is 19.5. The Morgan fingerprint density at radius 3 is 2.26 bits per heavy atom. The molecule has 1 aromatic heterocycles. The van der Waals surface area contributed by atoms with E-state index in [0.29, 0.717) is 19.8 Å². The molecular formula is C25H35Cl3N2O3SSi. The van der Waals surface area contributed by atoms with Gasteiger partial charge in [-0.05, 0) is 30.2 Å². The predicted molar refractivity (Wildman–Crippen MR) is 148 cm³/mol. The van der Waals surface area contributed by atoms with E-state index in [0.717, 1.165) is 55.7 Å². The first kappa shape index (κ1) is 27.8. The van der Waals surface area contributed by atoms with E-state index in [2.05, 4.69) is 28.7 Å². The molecule has 1 atom stereocenters. The molecule has 2 aromatic rings. The number of hydrogen-bond donors (Lipinski definition) is 0. The molecule has 194 valence electrons. The summed E-state index contributed by atoms with van der Waals surface area (Å²) in [6, 6.07) is 13.0. The Bertz CT molecular complexity index is 902. The monoisotopic (exact) mass is 576 g/mol. The number of aryl methyl sites for hydroxylation is 1. The van der Waals surface area contributed by atoms with Crippen molar-refractivity contribution in [1.29, 1.82) is 0 Å². The second-order valence-corrected chi connectivity index (χ2v) is 15.3. The molecule has 4 heterocycles. The fourth-order valence-electron chi connectivity index (χ4n) is 4.66. The largest absolute Gasteiger partial charge is 0.501 e. The van der Waals surface area contributed by atoms with Crippen molar-refractivity contribution >= 4 is 55.4 Å². The number of unbranched alkanes of at least 4 members (excludes halogenated alkanes) is 1. The average molecular weight is 578 g/mol. The van der Waals surface area contributed by atoms with Crippen LogP contribution in [0.25, 0.3) is 0 Å². The van der Waals surface area contributed by atoms with E-state index in [1.165, 1.54) is 17.7 Å². The molecular weight excluding hydrogens is 543 g/mol. The van der Waals surface area contributed by atoms with Crippen LogP contribution in [0.15, 0.2) is 47.5 Å². The Balaban J connectivity index is 1.54. The number of rotatable bonds is 10. The molecule has 0 spiro atoms. The van der Waals surface area contributed by atoms with Gasteiger partial charge in [0.25, 0.3) is 0 Å². The lowest BCUT2D eigenvalue weighted by Crippen LogP contribution is -2.55. The lowest BCUT2D eigenvalue weighted by molar-refractivity contribution is -0.00866. The third-order valence-corrected chi connectivity index (χ3v) is 11.1.